The minimum absolute atomic E-state index is 0.568. The maximum atomic E-state index is 3.65. The Kier molecular flexibility index (Phi) is 2.65. The van der Waals surface area contributed by atoms with Crippen LogP contribution < -0.4 is 5.32 Å². The molecule has 0 saturated heterocycles. The van der Waals surface area contributed by atoms with Gasteiger partial charge in [-0.3, -0.25) is 0 Å². The fraction of sp³-hybridized carbons (Fsp3) is 0.667. The summed E-state index contributed by atoms with van der Waals surface area (Å²) in [5, 5.41) is 7.98. The van der Waals surface area contributed by atoms with E-state index in [0.29, 0.717) is 6.04 Å². The molecule has 0 bridgehead atoms. The Morgan fingerprint density at radius 2 is 2.07 bits per heavy atom. The summed E-state index contributed by atoms with van der Waals surface area (Å²) in [7, 11) is 2.10. The first kappa shape index (κ1) is 10.3. The van der Waals surface area contributed by atoms with Crippen LogP contribution in [0.25, 0.3) is 0 Å². The summed E-state index contributed by atoms with van der Waals surface area (Å²) in [6.07, 6.45) is 4.40. The van der Waals surface area contributed by atoms with E-state index in [1.54, 1.807) is 11.3 Å². The lowest BCUT2D eigenvalue weighted by Crippen LogP contribution is -2.24. The van der Waals surface area contributed by atoms with Crippen LogP contribution in [0.5, 0.6) is 0 Å². The van der Waals surface area contributed by atoms with Gasteiger partial charge in [-0.05, 0) is 70.9 Å². The van der Waals surface area contributed by atoms with E-state index in [9.17, 15) is 0 Å². The predicted octanol–water partition coefficient (Wildman–Crippen LogP) is 3.82. The molecule has 2 fully saturated rings. The number of halogens is 1. The van der Waals surface area contributed by atoms with Gasteiger partial charge in [-0.15, -0.1) is 0 Å². The Morgan fingerprint density at radius 1 is 1.33 bits per heavy atom. The van der Waals surface area contributed by atoms with Crippen molar-refractivity contribution in [3.8, 4) is 0 Å². The van der Waals surface area contributed by atoms with Crippen molar-refractivity contribution in [2.45, 2.75) is 25.3 Å². The van der Waals surface area contributed by atoms with Crippen molar-refractivity contribution < 1.29 is 0 Å². The minimum atomic E-state index is 0.568. The molecule has 1 aromatic heterocycles. The Bertz CT molecular complexity index is 352. The maximum absolute atomic E-state index is 3.65. The zero-order valence-electron chi connectivity index (χ0n) is 8.87. The number of hydrogen-bond donors (Lipinski definition) is 1. The summed E-state index contributed by atoms with van der Waals surface area (Å²) in [5.74, 6) is 3.01. The van der Waals surface area contributed by atoms with Crippen molar-refractivity contribution in [3.63, 3.8) is 0 Å². The third-order valence-corrected chi connectivity index (χ3v) is 5.79. The molecule has 3 unspecified atom stereocenters. The van der Waals surface area contributed by atoms with Gasteiger partial charge in [0.15, 0.2) is 0 Å². The van der Waals surface area contributed by atoms with Crippen LogP contribution in [0.4, 0.5) is 0 Å². The lowest BCUT2D eigenvalue weighted by molar-refractivity contribution is 0.359. The second kappa shape index (κ2) is 3.86. The molecule has 2 aliphatic carbocycles. The average Bonchev–Trinajstić information content (AvgIpc) is 2.65. The molecule has 0 radical (unpaired) electrons. The Hall–Kier alpha value is 0.140. The van der Waals surface area contributed by atoms with Gasteiger partial charge in [-0.25, -0.2) is 0 Å². The van der Waals surface area contributed by atoms with Gasteiger partial charge in [-0.1, -0.05) is 0 Å². The topological polar surface area (TPSA) is 12.0 Å². The number of nitrogens with one attached hydrogen (secondary N) is 1. The minimum Gasteiger partial charge on any atom is -0.313 e. The molecule has 0 aromatic carbocycles. The van der Waals surface area contributed by atoms with Crippen molar-refractivity contribution in [1.29, 1.82) is 0 Å². The number of thiophene rings is 1. The second-order valence-corrected chi connectivity index (χ2v) is 6.53. The molecule has 3 heteroatoms. The summed E-state index contributed by atoms with van der Waals surface area (Å²) in [6, 6.07) is 0.568. The smallest absolute Gasteiger partial charge is 0.0365 e. The van der Waals surface area contributed by atoms with Gasteiger partial charge in [0.05, 0.1) is 0 Å². The molecular formula is C12H16BrNS. The summed E-state index contributed by atoms with van der Waals surface area (Å²) < 4.78 is 1.28. The lowest BCUT2D eigenvalue weighted by atomic mass is 9.91. The van der Waals surface area contributed by atoms with Gasteiger partial charge in [0.1, 0.15) is 0 Å². The highest BCUT2D eigenvalue weighted by Gasteiger charge is 2.48. The molecule has 2 saturated carbocycles. The third-order valence-electron chi connectivity index (χ3n) is 4.04. The zero-order valence-corrected chi connectivity index (χ0v) is 11.3. The molecule has 0 spiro atoms. The number of hydrogen-bond acceptors (Lipinski definition) is 2. The molecule has 1 N–H and O–H groups in total. The van der Waals surface area contributed by atoms with Gasteiger partial charge in [0.2, 0.25) is 0 Å². The van der Waals surface area contributed by atoms with Crippen LogP contribution in [0.3, 0.4) is 0 Å². The zero-order chi connectivity index (χ0) is 10.4. The van der Waals surface area contributed by atoms with Gasteiger partial charge >= 0.3 is 0 Å². The van der Waals surface area contributed by atoms with Crippen LogP contribution in [0.1, 0.15) is 30.9 Å². The Balaban J connectivity index is 1.79. The Morgan fingerprint density at radius 3 is 2.60 bits per heavy atom. The molecule has 2 aliphatic rings. The molecule has 3 rings (SSSR count). The second-order valence-electron chi connectivity index (χ2n) is 4.93. The van der Waals surface area contributed by atoms with E-state index in [4.69, 9.17) is 0 Å². The van der Waals surface area contributed by atoms with Crippen molar-refractivity contribution in [3.05, 3.63) is 20.8 Å². The summed E-state index contributed by atoms with van der Waals surface area (Å²) >= 11 is 5.45. The standard InChI is InChI=1S/C12H16BrNS/c1-14-12(10-5-15-6-11(10)13)9-3-7-2-8(7)4-9/h5-9,12,14H,2-4H2,1H3. The Labute approximate surface area is 103 Å². The third kappa shape index (κ3) is 1.79. The summed E-state index contributed by atoms with van der Waals surface area (Å²) in [4.78, 5) is 0. The van der Waals surface area contributed by atoms with Crippen LogP contribution >= 0.6 is 27.3 Å². The first-order chi connectivity index (χ1) is 7.29. The van der Waals surface area contributed by atoms with Crippen LogP contribution in [0, 0.1) is 17.8 Å². The van der Waals surface area contributed by atoms with E-state index in [-0.39, 0.29) is 0 Å². The predicted molar refractivity (Wildman–Crippen MR) is 68.1 cm³/mol. The maximum Gasteiger partial charge on any atom is 0.0365 e. The molecule has 1 nitrogen and oxygen atoms in total. The van der Waals surface area contributed by atoms with Crippen molar-refractivity contribution in [1.82, 2.24) is 5.32 Å². The number of rotatable bonds is 3. The van der Waals surface area contributed by atoms with E-state index in [0.717, 1.165) is 17.8 Å². The van der Waals surface area contributed by atoms with Crippen molar-refractivity contribution in [2.24, 2.45) is 17.8 Å². The monoisotopic (exact) mass is 285 g/mol. The quantitative estimate of drug-likeness (QED) is 0.890. The molecule has 1 aromatic rings. The fourth-order valence-electron chi connectivity index (χ4n) is 3.19. The highest BCUT2D eigenvalue weighted by atomic mass is 79.9. The van der Waals surface area contributed by atoms with E-state index in [1.165, 1.54) is 29.3 Å². The number of fused-ring (bicyclic) bond motifs is 1. The first-order valence-corrected chi connectivity index (χ1v) is 7.42. The molecule has 0 amide bonds. The molecule has 0 aliphatic heterocycles. The molecule has 82 valence electrons. The van der Waals surface area contributed by atoms with Crippen LogP contribution in [0.2, 0.25) is 0 Å². The normalized spacial score (nSPS) is 35.2. The van der Waals surface area contributed by atoms with Gasteiger partial charge < -0.3 is 5.32 Å². The van der Waals surface area contributed by atoms with Crippen LogP contribution in [-0.4, -0.2) is 7.05 Å². The van der Waals surface area contributed by atoms with Crippen LogP contribution in [0.15, 0.2) is 15.2 Å². The van der Waals surface area contributed by atoms with E-state index in [1.807, 2.05) is 0 Å². The highest BCUT2D eigenvalue weighted by Crippen LogP contribution is 2.57. The van der Waals surface area contributed by atoms with E-state index >= 15 is 0 Å². The fourth-order valence-corrected chi connectivity index (χ4v) is 4.77. The van der Waals surface area contributed by atoms with Crippen molar-refractivity contribution in [2.75, 3.05) is 7.05 Å². The van der Waals surface area contributed by atoms with Crippen molar-refractivity contribution >= 4 is 27.3 Å². The molecule has 15 heavy (non-hydrogen) atoms. The summed E-state index contributed by atoms with van der Waals surface area (Å²) in [5.41, 5.74) is 1.47. The molecule has 3 atom stereocenters. The summed E-state index contributed by atoms with van der Waals surface area (Å²) in [6.45, 7) is 0. The van der Waals surface area contributed by atoms with Gasteiger partial charge in [-0.2, -0.15) is 11.3 Å². The van der Waals surface area contributed by atoms with Gasteiger partial charge in [0.25, 0.3) is 0 Å². The van der Waals surface area contributed by atoms with E-state index in [2.05, 4.69) is 39.1 Å². The SMILES string of the molecule is CNC(c1cscc1Br)C1CC2CC2C1. The van der Waals surface area contributed by atoms with Gasteiger partial charge in [0, 0.05) is 15.9 Å². The highest BCUT2D eigenvalue weighted by molar-refractivity contribution is 9.10. The molecular weight excluding hydrogens is 270 g/mol. The molecule has 1 heterocycles. The largest absolute Gasteiger partial charge is 0.313 e. The first-order valence-electron chi connectivity index (χ1n) is 5.68. The van der Waals surface area contributed by atoms with E-state index < -0.39 is 0 Å². The average molecular weight is 286 g/mol. The van der Waals surface area contributed by atoms with Crippen LogP contribution in [-0.2, 0) is 0 Å². The lowest BCUT2D eigenvalue weighted by Gasteiger charge is -2.24.